The molecule has 2 aliphatic rings. The van der Waals surface area contributed by atoms with Crippen LogP contribution in [0.2, 0.25) is 0 Å². The van der Waals surface area contributed by atoms with Gasteiger partial charge in [0.15, 0.2) is 0 Å². The van der Waals surface area contributed by atoms with Crippen LogP contribution >= 0.6 is 11.8 Å². The molecule has 0 radical (unpaired) electrons. The van der Waals surface area contributed by atoms with Crippen molar-refractivity contribution in [2.75, 3.05) is 5.75 Å². The molecule has 66 valence electrons. The number of thioether (sulfide) groups is 1. The van der Waals surface area contributed by atoms with Gasteiger partial charge in [0.2, 0.25) is 0 Å². The highest BCUT2D eigenvalue weighted by atomic mass is 32.2. The summed E-state index contributed by atoms with van der Waals surface area (Å²) < 4.78 is 0. The molecule has 3 heteroatoms. The van der Waals surface area contributed by atoms with Crippen LogP contribution in [0.15, 0.2) is 34.3 Å². The molecule has 0 unspecified atom stereocenters. The monoisotopic (exact) mass is 190 g/mol. The predicted octanol–water partition coefficient (Wildman–Crippen LogP) is 2.04. The van der Waals surface area contributed by atoms with Gasteiger partial charge in [-0.25, -0.2) is 0 Å². The summed E-state index contributed by atoms with van der Waals surface area (Å²) >= 11 is 1.93. The molecule has 0 saturated heterocycles. The maximum absolute atomic E-state index is 4.14. The number of nitrogens with zero attached hydrogens (tertiary/aromatic N) is 1. The second-order valence-corrected chi connectivity index (χ2v) is 4.46. The fourth-order valence-electron chi connectivity index (χ4n) is 1.90. The second kappa shape index (κ2) is 2.77. The van der Waals surface area contributed by atoms with Gasteiger partial charge in [-0.1, -0.05) is 18.2 Å². The number of hydrogen-bond acceptors (Lipinski definition) is 3. The summed E-state index contributed by atoms with van der Waals surface area (Å²) in [5.74, 6) is 1.73. The molecule has 0 amide bonds. The van der Waals surface area contributed by atoms with E-state index in [4.69, 9.17) is 0 Å². The summed E-state index contributed by atoms with van der Waals surface area (Å²) in [6.07, 6.45) is 2.04. The minimum Gasteiger partial charge on any atom is -0.302 e. The highest BCUT2D eigenvalue weighted by Gasteiger charge is 2.31. The Morgan fingerprint density at radius 2 is 2.31 bits per heavy atom. The summed E-state index contributed by atoms with van der Waals surface area (Å²) in [5.41, 5.74) is 4.57. The molecule has 0 aromatic heterocycles. The molecule has 3 rings (SSSR count). The SMILES string of the molecule is C1=NN[C@H]2c3ccccc3SC[C@H]12. The molecule has 1 N–H and O–H groups in total. The number of benzene rings is 1. The van der Waals surface area contributed by atoms with Crippen molar-refractivity contribution in [2.24, 2.45) is 11.0 Å². The molecule has 0 spiro atoms. The van der Waals surface area contributed by atoms with Gasteiger partial charge in [0.05, 0.1) is 6.04 Å². The van der Waals surface area contributed by atoms with Gasteiger partial charge < -0.3 is 5.43 Å². The summed E-state index contributed by atoms with van der Waals surface area (Å²) in [5, 5.41) is 4.14. The number of rotatable bonds is 0. The topological polar surface area (TPSA) is 24.4 Å². The van der Waals surface area contributed by atoms with Gasteiger partial charge in [0, 0.05) is 22.8 Å². The highest BCUT2D eigenvalue weighted by molar-refractivity contribution is 7.99. The van der Waals surface area contributed by atoms with Gasteiger partial charge in [-0.15, -0.1) is 11.8 Å². The Hall–Kier alpha value is -0.960. The lowest BCUT2D eigenvalue weighted by Crippen LogP contribution is -2.24. The largest absolute Gasteiger partial charge is 0.302 e. The van der Waals surface area contributed by atoms with Crippen molar-refractivity contribution < 1.29 is 0 Å². The van der Waals surface area contributed by atoms with Crippen LogP contribution < -0.4 is 5.43 Å². The Morgan fingerprint density at radius 1 is 1.38 bits per heavy atom. The molecule has 0 bridgehead atoms. The number of hydrazone groups is 1. The van der Waals surface area contributed by atoms with Crippen molar-refractivity contribution in [3.8, 4) is 0 Å². The Kier molecular flexibility index (Phi) is 1.59. The van der Waals surface area contributed by atoms with E-state index in [1.54, 1.807) is 0 Å². The molecule has 2 aliphatic heterocycles. The van der Waals surface area contributed by atoms with E-state index >= 15 is 0 Å². The summed E-state index contributed by atoms with van der Waals surface area (Å²) in [4.78, 5) is 1.40. The molecule has 2 heterocycles. The van der Waals surface area contributed by atoms with Crippen LogP contribution in [0.3, 0.4) is 0 Å². The maximum Gasteiger partial charge on any atom is 0.0786 e. The molecule has 1 aromatic carbocycles. The number of fused-ring (bicyclic) bond motifs is 3. The fraction of sp³-hybridized carbons (Fsp3) is 0.300. The first-order chi connectivity index (χ1) is 6.45. The maximum atomic E-state index is 4.14. The Morgan fingerprint density at radius 3 is 3.31 bits per heavy atom. The van der Waals surface area contributed by atoms with Crippen LogP contribution in [0, 0.1) is 5.92 Å². The lowest BCUT2D eigenvalue weighted by atomic mass is 9.96. The zero-order chi connectivity index (χ0) is 8.67. The molecule has 0 saturated carbocycles. The van der Waals surface area contributed by atoms with Crippen molar-refractivity contribution in [2.45, 2.75) is 10.9 Å². The van der Waals surface area contributed by atoms with E-state index in [1.165, 1.54) is 10.5 Å². The number of hydrogen-bond donors (Lipinski definition) is 1. The van der Waals surface area contributed by atoms with Gasteiger partial charge in [-0.3, -0.25) is 0 Å². The lowest BCUT2D eigenvalue weighted by molar-refractivity contribution is 0.517. The van der Waals surface area contributed by atoms with Gasteiger partial charge in [0.1, 0.15) is 0 Å². The summed E-state index contributed by atoms with van der Waals surface area (Å²) in [6, 6.07) is 9.01. The van der Waals surface area contributed by atoms with Gasteiger partial charge in [-0.2, -0.15) is 5.10 Å². The first-order valence-corrected chi connectivity index (χ1v) is 5.44. The highest BCUT2D eigenvalue weighted by Crippen LogP contribution is 2.40. The predicted molar refractivity (Wildman–Crippen MR) is 55.0 cm³/mol. The van der Waals surface area contributed by atoms with Gasteiger partial charge in [0.25, 0.3) is 0 Å². The molecule has 1 aromatic rings. The zero-order valence-electron chi connectivity index (χ0n) is 7.10. The van der Waals surface area contributed by atoms with E-state index in [1.807, 2.05) is 18.0 Å². The molecule has 0 fully saturated rings. The summed E-state index contributed by atoms with van der Waals surface area (Å²) in [7, 11) is 0. The van der Waals surface area contributed by atoms with Crippen molar-refractivity contribution in [3.05, 3.63) is 29.8 Å². The minimum atomic E-state index is 0.428. The van der Waals surface area contributed by atoms with Gasteiger partial charge >= 0.3 is 0 Å². The minimum absolute atomic E-state index is 0.428. The molecule has 0 aliphatic carbocycles. The third-order valence-electron chi connectivity index (χ3n) is 2.59. The van der Waals surface area contributed by atoms with E-state index in [9.17, 15) is 0 Å². The quantitative estimate of drug-likeness (QED) is 0.677. The average Bonchev–Trinajstić information content (AvgIpc) is 2.65. The van der Waals surface area contributed by atoms with Crippen molar-refractivity contribution in [1.82, 2.24) is 5.43 Å². The normalized spacial score (nSPS) is 29.2. The Labute approximate surface area is 81.4 Å². The van der Waals surface area contributed by atoms with Crippen molar-refractivity contribution in [1.29, 1.82) is 0 Å². The molecule has 13 heavy (non-hydrogen) atoms. The smallest absolute Gasteiger partial charge is 0.0786 e. The molecular formula is C10H10N2S. The van der Waals surface area contributed by atoms with E-state index in [0.717, 1.165) is 5.75 Å². The third kappa shape index (κ3) is 1.07. The average molecular weight is 190 g/mol. The van der Waals surface area contributed by atoms with Crippen LogP contribution in [0.4, 0.5) is 0 Å². The standard InChI is InChI=1S/C10H10N2S/c1-2-4-9-8(3-1)10-7(6-13-9)5-11-12-10/h1-5,7,10,12H,6H2/t7-,10+/m0/s1. The lowest BCUT2D eigenvalue weighted by Gasteiger charge is -2.25. The first kappa shape index (κ1) is 7.44. The van der Waals surface area contributed by atoms with E-state index < -0.39 is 0 Å². The summed E-state index contributed by atoms with van der Waals surface area (Å²) in [6.45, 7) is 0. The van der Waals surface area contributed by atoms with E-state index in [-0.39, 0.29) is 0 Å². The van der Waals surface area contributed by atoms with Crippen LogP contribution in [0.5, 0.6) is 0 Å². The Balaban J connectivity index is 2.08. The number of nitrogens with one attached hydrogen (secondary N) is 1. The van der Waals surface area contributed by atoms with Crippen molar-refractivity contribution >= 4 is 18.0 Å². The van der Waals surface area contributed by atoms with E-state index in [2.05, 4.69) is 34.8 Å². The molecular weight excluding hydrogens is 180 g/mol. The second-order valence-electron chi connectivity index (χ2n) is 3.40. The van der Waals surface area contributed by atoms with E-state index in [0.29, 0.717) is 12.0 Å². The van der Waals surface area contributed by atoms with Crippen LogP contribution in [-0.2, 0) is 0 Å². The fourth-order valence-corrected chi connectivity index (χ4v) is 3.08. The zero-order valence-corrected chi connectivity index (χ0v) is 7.92. The Bertz CT molecular complexity index is 362. The molecule has 2 atom stereocenters. The van der Waals surface area contributed by atoms with Crippen LogP contribution in [0.1, 0.15) is 11.6 Å². The first-order valence-electron chi connectivity index (χ1n) is 4.45. The molecule has 2 nitrogen and oxygen atoms in total. The third-order valence-corrected chi connectivity index (χ3v) is 3.83. The van der Waals surface area contributed by atoms with Crippen molar-refractivity contribution in [3.63, 3.8) is 0 Å². The van der Waals surface area contributed by atoms with Gasteiger partial charge in [-0.05, 0) is 11.6 Å². The van der Waals surface area contributed by atoms with Crippen LogP contribution in [0.25, 0.3) is 0 Å². The van der Waals surface area contributed by atoms with Crippen LogP contribution in [-0.4, -0.2) is 12.0 Å².